The lowest BCUT2D eigenvalue weighted by molar-refractivity contribution is 0.0693. The maximum absolute atomic E-state index is 13.0. The van der Waals surface area contributed by atoms with Crippen LogP contribution in [0.25, 0.3) is 11.1 Å². The largest absolute Gasteiger partial charge is 0.477 e. The molecule has 0 unspecified atom stereocenters. The van der Waals surface area contributed by atoms with E-state index < -0.39 is 17.2 Å². The molecule has 4 nitrogen and oxygen atoms in total. The molecule has 0 bridgehead atoms. The van der Waals surface area contributed by atoms with Crippen molar-refractivity contribution in [3.05, 3.63) is 57.3 Å². The number of carbonyl (C=O) groups is 1. The Morgan fingerprint density at radius 1 is 1.15 bits per heavy atom. The summed E-state index contributed by atoms with van der Waals surface area (Å²) in [4.78, 5) is 23.7. The van der Waals surface area contributed by atoms with Crippen LogP contribution in [0.1, 0.15) is 21.7 Å². The lowest BCUT2D eigenvalue weighted by Gasteiger charge is -2.16. The van der Waals surface area contributed by atoms with E-state index in [0.29, 0.717) is 17.0 Å². The van der Waals surface area contributed by atoms with Crippen molar-refractivity contribution in [3.8, 4) is 11.1 Å². The standard InChI is InChI=1S/C15H14FNO3/c1-8-12(10-4-6-11(16)7-5-10)14(18)13(15(19)20)9(2)17(8)3/h4-7H,1-3H3,(H,19,20). The highest BCUT2D eigenvalue weighted by Gasteiger charge is 2.21. The van der Waals surface area contributed by atoms with Gasteiger partial charge in [-0.25, -0.2) is 9.18 Å². The van der Waals surface area contributed by atoms with Crippen molar-refractivity contribution in [2.45, 2.75) is 13.8 Å². The summed E-state index contributed by atoms with van der Waals surface area (Å²) >= 11 is 0. The minimum absolute atomic E-state index is 0.252. The number of hydrogen-bond donors (Lipinski definition) is 1. The summed E-state index contributed by atoms with van der Waals surface area (Å²) in [6.07, 6.45) is 0. The smallest absolute Gasteiger partial charge is 0.341 e. The summed E-state index contributed by atoms with van der Waals surface area (Å²) in [5, 5.41) is 9.20. The van der Waals surface area contributed by atoms with Gasteiger partial charge in [0.05, 0.1) is 0 Å². The van der Waals surface area contributed by atoms with Crippen LogP contribution in [-0.4, -0.2) is 15.6 Å². The zero-order valence-electron chi connectivity index (χ0n) is 11.4. The van der Waals surface area contributed by atoms with Gasteiger partial charge in [0.15, 0.2) is 0 Å². The number of nitrogens with zero attached hydrogens (tertiary/aromatic N) is 1. The van der Waals surface area contributed by atoms with Gasteiger partial charge in [-0.05, 0) is 31.5 Å². The molecule has 0 saturated carbocycles. The molecule has 2 aromatic rings. The number of aromatic nitrogens is 1. The summed E-state index contributed by atoms with van der Waals surface area (Å²) in [5.41, 5.74) is 1.03. The van der Waals surface area contributed by atoms with Gasteiger partial charge >= 0.3 is 5.97 Å². The van der Waals surface area contributed by atoms with Crippen molar-refractivity contribution in [1.29, 1.82) is 0 Å². The molecule has 0 atom stereocenters. The Morgan fingerprint density at radius 3 is 2.20 bits per heavy atom. The molecule has 0 saturated heterocycles. The molecule has 1 aromatic carbocycles. The van der Waals surface area contributed by atoms with Crippen LogP contribution in [-0.2, 0) is 7.05 Å². The molecule has 0 fully saturated rings. The van der Waals surface area contributed by atoms with Gasteiger partial charge in [0.2, 0.25) is 5.43 Å². The first-order valence-corrected chi connectivity index (χ1v) is 6.04. The fraction of sp³-hybridized carbons (Fsp3) is 0.200. The van der Waals surface area contributed by atoms with Gasteiger partial charge in [0.1, 0.15) is 11.4 Å². The quantitative estimate of drug-likeness (QED) is 0.916. The van der Waals surface area contributed by atoms with Crippen LogP contribution in [0.2, 0.25) is 0 Å². The molecular formula is C15H14FNO3. The van der Waals surface area contributed by atoms with Crippen molar-refractivity contribution < 1.29 is 14.3 Å². The van der Waals surface area contributed by atoms with Crippen LogP contribution in [0.4, 0.5) is 4.39 Å². The highest BCUT2D eigenvalue weighted by atomic mass is 19.1. The first-order chi connectivity index (χ1) is 9.34. The van der Waals surface area contributed by atoms with Gasteiger partial charge in [0.25, 0.3) is 0 Å². The average molecular weight is 275 g/mol. The Bertz CT molecular complexity index is 745. The number of carboxylic acid groups (broad SMARTS) is 1. The van der Waals surface area contributed by atoms with E-state index in [9.17, 15) is 19.1 Å². The van der Waals surface area contributed by atoms with Crippen molar-refractivity contribution >= 4 is 5.97 Å². The lowest BCUT2D eigenvalue weighted by atomic mass is 9.99. The third-order valence-electron chi connectivity index (χ3n) is 3.53. The second kappa shape index (κ2) is 4.92. The SMILES string of the molecule is Cc1c(C(=O)O)c(=O)c(-c2ccc(F)cc2)c(C)n1C. The Kier molecular flexibility index (Phi) is 3.44. The van der Waals surface area contributed by atoms with E-state index in [1.807, 2.05) is 0 Å². The zero-order chi connectivity index (χ0) is 15.0. The number of carboxylic acids is 1. The van der Waals surface area contributed by atoms with E-state index in [-0.39, 0.29) is 11.1 Å². The topological polar surface area (TPSA) is 59.3 Å². The predicted molar refractivity (Wildman–Crippen MR) is 73.5 cm³/mol. The number of pyridine rings is 1. The summed E-state index contributed by atoms with van der Waals surface area (Å²) in [6, 6.07) is 5.43. The summed E-state index contributed by atoms with van der Waals surface area (Å²) in [7, 11) is 1.70. The maximum atomic E-state index is 13.0. The third-order valence-corrected chi connectivity index (χ3v) is 3.53. The van der Waals surface area contributed by atoms with Crippen molar-refractivity contribution in [3.63, 3.8) is 0 Å². The van der Waals surface area contributed by atoms with Crippen LogP contribution in [0.3, 0.4) is 0 Å². The molecule has 0 spiro atoms. The second-order valence-corrected chi connectivity index (χ2v) is 4.62. The summed E-state index contributed by atoms with van der Waals surface area (Å²) in [5.74, 6) is -1.67. The second-order valence-electron chi connectivity index (χ2n) is 4.62. The Hall–Kier alpha value is -2.43. The number of rotatable bonds is 2. The first kappa shape index (κ1) is 14.0. The number of hydrogen-bond acceptors (Lipinski definition) is 2. The zero-order valence-corrected chi connectivity index (χ0v) is 11.4. The maximum Gasteiger partial charge on any atom is 0.341 e. The van der Waals surface area contributed by atoms with Crippen molar-refractivity contribution in [2.24, 2.45) is 7.05 Å². The molecule has 5 heteroatoms. The number of benzene rings is 1. The molecule has 20 heavy (non-hydrogen) atoms. The van der Waals surface area contributed by atoms with Gasteiger partial charge in [-0.2, -0.15) is 0 Å². The fourth-order valence-electron chi connectivity index (χ4n) is 2.25. The number of aromatic carboxylic acids is 1. The molecule has 0 aliphatic carbocycles. The first-order valence-electron chi connectivity index (χ1n) is 6.04. The lowest BCUT2D eigenvalue weighted by Crippen LogP contribution is -2.24. The highest BCUT2D eigenvalue weighted by molar-refractivity contribution is 5.90. The van der Waals surface area contributed by atoms with Crippen LogP contribution in [0, 0.1) is 19.7 Å². The number of halogens is 1. The van der Waals surface area contributed by atoms with Crippen LogP contribution >= 0.6 is 0 Å². The van der Waals surface area contributed by atoms with E-state index in [2.05, 4.69) is 0 Å². The normalized spacial score (nSPS) is 10.6. The molecule has 0 aliphatic rings. The monoisotopic (exact) mass is 275 g/mol. The van der Waals surface area contributed by atoms with E-state index in [1.165, 1.54) is 24.3 Å². The molecule has 104 valence electrons. The van der Waals surface area contributed by atoms with Gasteiger partial charge in [-0.1, -0.05) is 12.1 Å². The Morgan fingerprint density at radius 2 is 1.70 bits per heavy atom. The molecule has 0 radical (unpaired) electrons. The predicted octanol–water partition coefficient (Wildman–Crippen LogP) is 2.51. The molecule has 2 rings (SSSR count). The fourth-order valence-corrected chi connectivity index (χ4v) is 2.25. The molecule has 1 heterocycles. The van der Waals surface area contributed by atoms with Crippen LogP contribution < -0.4 is 5.43 Å². The van der Waals surface area contributed by atoms with Crippen LogP contribution in [0.15, 0.2) is 29.1 Å². The summed E-state index contributed by atoms with van der Waals surface area (Å²) in [6.45, 7) is 3.32. The third kappa shape index (κ3) is 2.11. The average Bonchev–Trinajstić information content (AvgIpc) is 2.38. The van der Waals surface area contributed by atoms with Gasteiger partial charge in [-0.3, -0.25) is 4.79 Å². The van der Waals surface area contributed by atoms with Crippen LogP contribution in [0.5, 0.6) is 0 Å². The van der Waals surface area contributed by atoms with E-state index in [1.54, 1.807) is 25.5 Å². The van der Waals surface area contributed by atoms with Gasteiger partial charge in [0, 0.05) is 24.0 Å². The summed E-state index contributed by atoms with van der Waals surface area (Å²) < 4.78 is 14.6. The molecular weight excluding hydrogens is 261 g/mol. The molecule has 0 aliphatic heterocycles. The van der Waals surface area contributed by atoms with Gasteiger partial charge in [-0.15, -0.1) is 0 Å². The Balaban J connectivity index is 2.86. The molecule has 1 aromatic heterocycles. The van der Waals surface area contributed by atoms with E-state index in [4.69, 9.17) is 0 Å². The van der Waals surface area contributed by atoms with Crippen molar-refractivity contribution in [1.82, 2.24) is 4.57 Å². The minimum Gasteiger partial charge on any atom is -0.477 e. The highest BCUT2D eigenvalue weighted by Crippen LogP contribution is 2.22. The molecule has 0 amide bonds. The van der Waals surface area contributed by atoms with E-state index >= 15 is 0 Å². The minimum atomic E-state index is -1.26. The van der Waals surface area contributed by atoms with Gasteiger partial charge < -0.3 is 9.67 Å². The molecule has 1 N–H and O–H groups in total. The van der Waals surface area contributed by atoms with E-state index in [0.717, 1.165) is 0 Å². The van der Waals surface area contributed by atoms with Crippen molar-refractivity contribution in [2.75, 3.05) is 0 Å². The Labute approximate surface area is 115 Å².